The summed E-state index contributed by atoms with van der Waals surface area (Å²) in [6.07, 6.45) is 0. The largest absolute Gasteiger partial charge is 0.494 e. The summed E-state index contributed by atoms with van der Waals surface area (Å²) in [4.78, 5) is 23.5. The Morgan fingerprint density at radius 2 is 1.65 bits per heavy atom. The minimum Gasteiger partial charge on any atom is -0.494 e. The maximum atomic E-state index is 12.0. The lowest BCUT2D eigenvalue weighted by atomic mass is 10.2. The average molecular weight is 314 g/mol. The number of carbonyl (C=O) groups excluding carboxylic acids is 2. The third kappa shape index (κ3) is 4.74. The highest BCUT2D eigenvalue weighted by Crippen LogP contribution is 2.18. The molecule has 2 N–H and O–H groups in total. The van der Waals surface area contributed by atoms with Crippen LogP contribution in [0.25, 0.3) is 0 Å². The number of methoxy groups -OCH3 is 1. The van der Waals surface area contributed by atoms with Crippen molar-refractivity contribution in [3.05, 3.63) is 54.1 Å². The Hall–Kier alpha value is -3.02. The van der Waals surface area contributed by atoms with Crippen LogP contribution in [0, 0.1) is 0 Å². The molecule has 2 amide bonds. The zero-order valence-electron chi connectivity index (χ0n) is 13.0. The van der Waals surface area contributed by atoms with Crippen LogP contribution < -0.4 is 15.4 Å². The molecule has 23 heavy (non-hydrogen) atoms. The van der Waals surface area contributed by atoms with E-state index in [0.29, 0.717) is 29.3 Å². The molecule has 0 aliphatic heterocycles. The van der Waals surface area contributed by atoms with E-state index in [1.807, 2.05) is 13.0 Å². The zero-order chi connectivity index (χ0) is 16.7. The van der Waals surface area contributed by atoms with Crippen molar-refractivity contribution in [2.24, 2.45) is 0 Å². The fourth-order valence-corrected chi connectivity index (χ4v) is 1.97. The normalized spacial score (nSPS) is 9.83. The van der Waals surface area contributed by atoms with Crippen molar-refractivity contribution in [3.8, 4) is 5.75 Å². The second-order valence-electron chi connectivity index (χ2n) is 4.61. The topological polar surface area (TPSA) is 76.7 Å². The van der Waals surface area contributed by atoms with Gasteiger partial charge in [-0.2, -0.15) is 0 Å². The number of ether oxygens (including phenoxy) is 2. The Morgan fingerprint density at radius 1 is 1.00 bits per heavy atom. The molecule has 0 radical (unpaired) electrons. The highest BCUT2D eigenvalue weighted by molar-refractivity contribution is 6.00. The molecule has 120 valence electrons. The van der Waals surface area contributed by atoms with Gasteiger partial charge in [0.1, 0.15) is 5.75 Å². The van der Waals surface area contributed by atoms with Gasteiger partial charge in [-0.05, 0) is 37.3 Å². The first-order chi connectivity index (χ1) is 11.1. The molecule has 2 aromatic carbocycles. The lowest BCUT2D eigenvalue weighted by Gasteiger charge is -2.10. The van der Waals surface area contributed by atoms with E-state index < -0.39 is 12.0 Å². The fraction of sp³-hybridized carbons (Fsp3) is 0.176. The van der Waals surface area contributed by atoms with Crippen LogP contribution in [-0.4, -0.2) is 25.7 Å². The number of urea groups is 1. The van der Waals surface area contributed by atoms with E-state index in [1.54, 1.807) is 42.5 Å². The van der Waals surface area contributed by atoms with E-state index in [-0.39, 0.29) is 0 Å². The second kappa shape index (κ2) is 7.84. The molecule has 0 saturated carbocycles. The number of amides is 2. The van der Waals surface area contributed by atoms with Crippen LogP contribution in [-0.2, 0) is 4.74 Å². The van der Waals surface area contributed by atoms with Gasteiger partial charge >= 0.3 is 12.0 Å². The Labute approximate surface area is 134 Å². The van der Waals surface area contributed by atoms with E-state index in [9.17, 15) is 9.59 Å². The van der Waals surface area contributed by atoms with Gasteiger partial charge in [-0.3, -0.25) is 0 Å². The van der Waals surface area contributed by atoms with Crippen molar-refractivity contribution in [2.75, 3.05) is 24.4 Å². The number of carbonyl (C=O) groups is 2. The molecule has 0 aliphatic carbocycles. The fourth-order valence-electron chi connectivity index (χ4n) is 1.97. The average Bonchev–Trinajstić information content (AvgIpc) is 2.55. The summed E-state index contributed by atoms with van der Waals surface area (Å²) in [6, 6.07) is 13.2. The van der Waals surface area contributed by atoms with Crippen LogP contribution in [0.15, 0.2) is 48.5 Å². The Kier molecular flexibility index (Phi) is 5.57. The molecule has 0 saturated heterocycles. The molecule has 2 rings (SSSR count). The summed E-state index contributed by atoms with van der Waals surface area (Å²) in [7, 11) is 1.31. The molecule has 0 aromatic heterocycles. The Bertz CT molecular complexity index is 700. The van der Waals surface area contributed by atoms with Gasteiger partial charge in [-0.25, -0.2) is 9.59 Å². The molecule has 0 spiro atoms. The maximum Gasteiger partial charge on any atom is 0.337 e. The second-order valence-corrected chi connectivity index (χ2v) is 4.61. The van der Waals surface area contributed by atoms with Gasteiger partial charge in [-0.1, -0.05) is 12.1 Å². The minimum absolute atomic E-state index is 0.364. The van der Waals surface area contributed by atoms with E-state index in [1.165, 1.54) is 7.11 Å². The number of rotatable bonds is 5. The quantitative estimate of drug-likeness (QED) is 0.828. The summed E-state index contributed by atoms with van der Waals surface area (Å²) < 4.78 is 10.0. The minimum atomic E-state index is -0.460. The van der Waals surface area contributed by atoms with Crippen molar-refractivity contribution in [1.82, 2.24) is 0 Å². The monoisotopic (exact) mass is 314 g/mol. The lowest BCUT2D eigenvalue weighted by Crippen LogP contribution is -2.19. The zero-order valence-corrected chi connectivity index (χ0v) is 13.0. The van der Waals surface area contributed by atoms with E-state index >= 15 is 0 Å². The number of hydrogen-bond acceptors (Lipinski definition) is 4. The van der Waals surface area contributed by atoms with Crippen molar-refractivity contribution in [2.45, 2.75) is 6.92 Å². The van der Waals surface area contributed by atoms with Crippen LogP contribution in [0.4, 0.5) is 16.2 Å². The molecule has 0 fully saturated rings. The molecule has 2 aromatic rings. The van der Waals surface area contributed by atoms with Crippen LogP contribution in [0.5, 0.6) is 5.75 Å². The number of benzene rings is 2. The van der Waals surface area contributed by atoms with Gasteiger partial charge in [0, 0.05) is 17.4 Å². The van der Waals surface area contributed by atoms with Crippen LogP contribution >= 0.6 is 0 Å². The first-order valence-corrected chi connectivity index (χ1v) is 7.11. The first-order valence-electron chi connectivity index (χ1n) is 7.11. The van der Waals surface area contributed by atoms with Crippen LogP contribution in [0.1, 0.15) is 17.3 Å². The Balaban J connectivity index is 2.02. The highest BCUT2D eigenvalue weighted by Gasteiger charge is 2.08. The summed E-state index contributed by atoms with van der Waals surface area (Å²) in [5, 5.41) is 5.37. The molecule has 6 heteroatoms. The SMILES string of the molecule is CCOc1cccc(NC(=O)Nc2cccc(C(=O)OC)c2)c1. The van der Waals surface area contributed by atoms with Gasteiger partial charge in [0.25, 0.3) is 0 Å². The van der Waals surface area contributed by atoms with Gasteiger partial charge < -0.3 is 20.1 Å². The third-order valence-electron chi connectivity index (χ3n) is 2.94. The Morgan fingerprint density at radius 3 is 2.30 bits per heavy atom. The number of nitrogens with one attached hydrogen (secondary N) is 2. The molecule has 0 bridgehead atoms. The summed E-state index contributed by atoms with van der Waals surface area (Å²) in [6.45, 7) is 2.44. The van der Waals surface area contributed by atoms with Gasteiger partial charge in [0.05, 0.1) is 19.3 Å². The summed E-state index contributed by atoms with van der Waals surface area (Å²) in [5.74, 6) is 0.219. The first kappa shape index (κ1) is 16.4. The summed E-state index contributed by atoms with van der Waals surface area (Å²) >= 11 is 0. The van der Waals surface area contributed by atoms with Crippen molar-refractivity contribution in [1.29, 1.82) is 0 Å². The predicted octanol–water partition coefficient (Wildman–Crippen LogP) is 3.52. The smallest absolute Gasteiger partial charge is 0.337 e. The number of anilines is 2. The van der Waals surface area contributed by atoms with E-state index in [4.69, 9.17) is 4.74 Å². The predicted molar refractivity (Wildman–Crippen MR) is 88.0 cm³/mol. The molecule has 0 unspecified atom stereocenters. The molecule has 0 aliphatic rings. The number of hydrogen-bond donors (Lipinski definition) is 2. The number of esters is 1. The maximum absolute atomic E-state index is 12.0. The van der Waals surface area contributed by atoms with Gasteiger partial charge in [0.2, 0.25) is 0 Å². The lowest BCUT2D eigenvalue weighted by molar-refractivity contribution is 0.0600. The molecule has 6 nitrogen and oxygen atoms in total. The van der Waals surface area contributed by atoms with Crippen molar-refractivity contribution in [3.63, 3.8) is 0 Å². The van der Waals surface area contributed by atoms with Crippen LogP contribution in [0.3, 0.4) is 0 Å². The van der Waals surface area contributed by atoms with E-state index in [0.717, 1.165) is 0 Å². The molecule has 0 atom stereocenters. The molecular formula is C17H18N2O4. The molecule has 0 heterocycles. The van der Waals surface area contributed by atoms with Gasteiger partial charge in [-0.15, -0.1) is 0 Å². The van der Waals surface area contributed by atoms with Crippen molar-refractivity contribution < 1.29 is 19.1 Å². The van der Waals surface area contributed by atoms with Gasteiger partial charge in [0.15, 0.2) is 0 Å². The van der Waals surface area contributed by atoms with E-state index in [2.05, 4.69) is 15.4 Å². The summed E-state index contributed by atoms with van der Waals surface area (Å²) in [5.41, 5.74) is 1.47. The molecular weight excluding hydrogens is 296 g/mol. The third-order valence-corrected chi connectivity index (χ3v) is 2.94. The highest BCUT2D eigenvalue weighted by atomic mass is 16.5. The van der Waals surface area contributed by atoms with Crippen molar-refractivity contribution >= 4 is 23.4 Å². The van der Waals surface area contributed by atoms with Crippen LogP contribution in [0.2, 0.25) is 0 Å². The standard InChI is InChI=1S/C17H18N2O4/c1-3-23-15-9-5-8-14(11-15)19-17(21)18-13-7-4-6-12(10-13)16(20)22-2/h4-11H,3H2,1-2H3,(H2,18,19,21).